The fourth-order valence-electron chi connectivity index (χ4n) is 2.73. The molecule has 146 valence electrons. The van der Waals surface area contributed by atoms with Gasteiger partial charge in [0, 0.05) is 4.47 Å². The van der Waals surface area contributed by atoms with Gasteiger partial charge in [-0.05, 0) is 43.7 Å². The average molecular weight is 445 g/mol. The van der Waals surface area contributed by atoms with Crippen molar-refractivity contribution in [2.75, 3.05) is 18.5 Å². The van der Waals surface area contributed by atoms with Crippen LogP contribution >= 0.6 is 15.9 Å². The second-order valence-corrected chi connectivity index (χ2v) is 6.70. The first-order chi connectivity index (χ1) is 13.6. The van der Waals surface area contributed by atoms with Gasteiger partial charge in [0.1, 0.15) is 0 Å². The molecule has 3 rings (SSSR count). The van der Waals surface area contributed by atoms with E-state index in [1.165, 1.54) is 0 Å². The number of carbonyl (C=O) groups excluding carboxylic acids is 1. The van der Waals surface area contributed by atoms with Crippen LogP contribution in [0, 0.1) is 0 Å². The van der Waals surface area contributed by atoms with E-state index < -0.39 is 0 Å². The number of anilines is 1. The van der Waals surface area contributed by atoms with Crippen molar-refractivity contribution in [3.8, 4) is 17.2 Å². The normalized spacial score (nSPS) is 10.5. The molecular formula is C20H21BrN4O3. The number of nitrogens with zero attached hydrogens (tertiary/aromatic N) is 3. The van der Waals surface area contributed by atoms with Crippen LogP contribution in [0.2, 0.25) is 0 Å². The Labute approximate surface area is 171 Å². The van der Waals surface area contributed by atoms with Crippen LogP contribution in [0.5, 0.6) is 11.5 Å². The maximum absolute atomic E-state index is 12.7. The first kappa shape index (κ1) is 19.9. The minimum absolute atomic E-state index is 0.153. The number of hydrogen-bond acceptors (Lipinski definition) is 5. The summed E-state index contributed by atoms with van der Waals surface area (Å²) in [4.78, 5) is 12.7. The Kier molecular flexibility index (Phi) is 6.65. The lowest BCUT2D eigenvalue weighted by Gasteiger charge is -2.15. The van der Waals surface area contributed by atoms with E-state index in [2.05, 4.69) is 31.6 Å². The number of benzene rings is 2. The predicted octanol–water partition coefficient (Wildman–Crippen LogP) is 4.01. The van der Waals surface area contributed by atoms with E-state index in [9.17, 15) is 4.79 Å². The summed E-state index contributed by atoms with van der Waals surface area (Å²) in [5.41, 5.74) is 2.21. The lowest BCUT2D eigenvalue weighted by molar-refractivity contribution is -0.115. The van der Waals surface area contributed by atoms with Crippen molar-refractivity contribution in [3.63, 3.8) is 0 Å². The third kappa shape index (κ3) is 4.69. The van der Waals surface area contributed by atoms with Crippen LogP contribution in [-0.2, 0) is 11.2 Å². The summed E-state index contributed by atoms with van der Waals surface area (Å²) in [5.74, 6) is 1.12. The van der Waals surface area contributed by atoms with Crippen molar-refractivity contribution in [3.05, 3.63) is 58.8 Å². The maximum Gasteiger partial charge on any atom is 0.228 e. The molecular weight excluding hydrogens is 424 g/mol. The Morgan fingerprint density at radius 1 is 1.14 bits per heavy atom. The largest absolute Gasteiger partial charge is 0.490 e. The zero-order valence-electron chi connectivity index (χ0n) is 15.7. The fraction of sp³-hybridized carbons (Fsp3) is 0.250. The Morgan fingerprint density at radius 2 is 1.86 bits per heavy atom. The van der Waals surface area contributed by atoms with Crippen molar-refractivity contribution < 1.29 is 14.3 Å². The highest BCUT2D eigenvalue weighted by atomic mass is 79.9. The molecule has 0 aliphatic heterocycles. The Balaban J connectivity index is 1.80. The van der Waals surface area contributed by atoms with Crippen LogP contribution < -0.4 is 14.8 Å². The standard InChI is InChI=1S/C20H21BrN4O3/c1-3-27-18-11-14(15(21)13-19(18)28-4-2)12-20(26)23-16-7-5-6-8-17(16)25-10-9-22-24-25/h5-11,13H,3-4,12H2,1-2H3,(H,23,26). The smallest absolute Gasteiger partial charge is 0.228 e. The molecule has 0 atom stereocenters. The summed E-state index contributed by atoms with van der Waals surface area (Å²) in [7, 11) is 0. The zero-order chi connectivity index (χ0) is 19.9. The summed E-state index contributed by atoms with van der Waals surface area (Å²) in [6.45, 7) is 4.87. The van der Waals surface area contributed by atoms with Crippen molar-refractivity contribution in [2.45, 2.75) is 20.3 Å². The van der Waals surface area contributed by atoms with Gasteiger partial charge in [-0.1, -0.05) is 33.3 Å². The monoisotopic (exact) mass is 444 g/mol. The molecule has 0 aliphatic rings. The summed E-state index contributed by atoms with van der Waals surface area (Å²) in [6, 6.07) is 11.1. The minimum atomic E-state index is -0.153. The quantitative estimate of drug-likeness (QED) is 0.567. The van der Waals surface area contributed by atoms with Crippen LogP contribution in [-0.4, -0.2) is 34.1 Å². The second-order valence-electron chi connectivity index (χ2n) is 5.85. The first-order valence-corrected chi connectivity index (χ1v) is 9.75. The van der Waals surface area contributed by atoms with Crippen LogP contribution in [0.15, 0.2) is 53.3 Å². The van der Waals surface area contributed by atoms with Gasteiger partial charge in [0.05, 0.1) is 43.4 Å². The molecule has 28 heavy (non-hydrogen) atoms. The Morgan fingerprint density at radius 3 is 2.54 bits per heavy atom. The summed E-state index contributed by atoms with van der Waals surface area (Å²) >= 11 is 3.52. The van der Waals surface area contributed by atoms with Crippen molar-refractivity contribution in [2.24, 2.45) is 0 Å². The molecule has 1 N–H and O–H groups in total. The maximum atomic E-state index is 12.7. The number of aromatic nitrogens is 3. The van der Waals surface area contributed by atoms with Gasteiger partial charge < -0.3 is 14.8 Å². The molecule has 0 aliphatic carbocycles. The van der Waals surface area contributed by atoms with Crippen molar-refractivity contribution >= 4 is 27.5 Å². The van der Waals surface area contributed by atoms with Gasteiger partial charge in [-0.15, -0.1) is 5.10 Å². The van der Waals surface area contributed by atoms with Gasteiger partial charge in [-0.2, -0.15) is 0 Å². The number of halogens is 1. The molecule has 0 fully saturated rings. The molecule has 1 heterocycles. The number of ether oxygens (including phenoxy) is 2. The fourth-order valence-corrected chi connectivity index (χ4v) is 3.20. The highest BCUT2D eigenvalue weighted by Crippen LogP contribution is 2.34. The molecule has 3 aromatic rings. The lowest BCUT2D eigenvalue weighted by atomic mass is 10.1. The van der Waals surface area contributed by atoms with Crippen LogP contribution in [0.3, 0.4) is 0 Å². The summed E-state index contributed by atoms with van der Waals surface area (Å²) < 4.78 is 13.7. The molecule has 1 amide bonds. The molecule has 1 aromatic heterocycles. The Bertz CT molecular complexity index is 945. The molecule has 2 aromatic carbocycles. The molecule has 0 spiro atoms. The van der Waals surface area contributed by atoms with E-state index in [0.717, 1.165) is 15.7 Å². The van der Waals surface area contributed by atoms with Gasteiger partial charge in [0.2, 0.25) is 5.91 Å². The Hall–Kier alpha value is -2.87. The first-order valence-electron chi connectivity index (χ1n) is 8.96. The molecule has 0 unspecified atom stereocenters. The molecule has 7 nitrogen and oxygen atoms in total. The number of carbonyl (C=O) groups is 1. The van der Waals surface area contributed by atoms with Crippen LogP contribution in [0.4, 0.5) is 5.69 Å². The van der Waals surface area contributed by atoms with Crippen LogP contribution in [0.1, 0.15) is 19.4 Å². The van der Waals surface area contributed by atoms with Crippen LogP contribution in [0.25, 0.3) is 5.69 Å². The highest BCUT2D eigenvalue weighted by molar-refractivity contribution is 9.10. The van der Waals surface area contributed by atoms with Gasteiger partial charge in [-0.25, -0.2) is 4.68 Å². The summed E-state index contributed by atoms with van der Waals surface area (Å²) in [5, 5.41) is 10.8. The highest BCUT2D eigenvalue weighted by Gasteiger charge is 2.15. The third-order valence-electron chi connectivity index (χ3n) is 3.91. The number of nitrogens with one attached hydrogen (secondary N) is 1. The predicted molar refractivity (Wildman–Crippen MR) is 110 cm³/mol. The topological polar surface area (TPSA) is 78.3 Å². The van der Waals surface area contributed by atoms with E-state index in [4.69, 9.17) is 9.47 Å². The minimum Gasteiger partial charge on any atom is -0.490 e. The van der Waals surface area contributed by atoms with E-state index in [1.54, 1.807) is 17.1 Å². The SMILES string of the molecule is CCOc1cc(Br)c(CC(=O)Nc2ccccc2-n2ccnn2)cc1OCC. The van der Waals surface area contributed by atoms with Gasteiger partial charge in [0.15, 0.2) is 11.5 Å². The molecule has 0 bridgehead atoms. The van der Waals surface area contributed by atoms with Gasteiger partial charge >= 0.3 is 0 Å². The lowest BCUT2D eigenvalue weighted by Crippen LogP contribution is -2.16. The van der Waals surface area contributed by atoms with E-state index in [-0.39, 0.29) is 12.3 Å². The number of rotatable bonds is 8. The average Bonchev–Trinajstić information content (AvgIpc) is 3.20. The van der Waals surface area contributed by atoms with E-state index in [1.807, 2.05) is 50.2 Å². The molecule has 0 saturated heterocycles. The number of hydrogen-bond donors (Lipinski definition) is 1. The van der Waals surface area contributed by atoms with Crippen molar-refractivity contribution in [1.82, 2.24) is 15.0 Å². The number of amides is 1. The van der Waals surface area contributed by atoms with Gasteiger partial charge in [0.25, 0.3) is 0 Å². The van der Waals surface area contributed by atoms with E-state index in [0.29, 0.717) is 30.4 Å². The second kappa shape index (κ2) is 9.36. The molecule has 0 radical (unpaired) electrons. The van der Waals surface area contributed by atoms with E-state index >= 15 is 0 Å². The van der Waals surface area contributed by atoms with Crippen molar-refractivity contribution in [1.29, 1.82) is 0 Å². The zero-order valence-corrected chi connectivity index (χ0v) is 17.3. The molecule has 8 heteroatoms. The molecule has 0 saturated carbocycles. The number of para-hydroxylation sites is 2. The summed E-state index contributed by atoms with van der Waals surface area (Å²) in [6.07, 6.45) is 3.49. The third-order valence-corrected chi connectivity index (χ3v) is 4.65. The van der Waals surface area contributed by atoms with Gasteiger partial charge in [-0.3, -0.25) is 4.79 Å².